The third-order valence-electron chi connectivity index (χ3n) is 3.62. The molecule has 22 heavy (non-hydrogen) atoms. The Labute approximate surface area is 131 Å². The smallest absolute Gasteiger partial charge is 0.316 e. The monoisotopic (exact) mass is 292 g/mol. The van der Waals surface area contributed by atoms with Crippen LogP contribution in [0, 0.1) is 26.2 Å². The summed E-state index contributed by atoms with van der Waals surface area (Å²) in [5.41, 5.74) is 4.50. The Hall–Kier alpha value is -2.73. The zero-order chi connectivity index (χ0) is 15.9. The first-order chi connectivity index (χ1) is 10.6. The van der Waals surface area contributed by atoms with Gasteiger partial charge in [-0.2, -0.15) is 0 Å². The Morgan fingerprint density at radius 1 is 1.09 bits per heavy atom. The SMILES string of the molecule is C#CCNC(=O)NC(c1ccccc1)c1ccc(C)c(C)c1. The van der Waals surface area contributed by atoms with Gasteiger partial charge in [0.1, 0.15) is 0 Å². The summed E-state index contributed by atoms with van der Waals surface area (Å²) >= 11 is 0. The number of hydrogen-bond donors (Lipinski definition) is 2. The molecule has 0 aliphatic heterocycles. The second kappa shape index (κ2) is 7.33. The lowest BCUT2D eigenvalue weighted by Gasteiger charge is -2.21. The van der Waals surface area contributed by atoms with Gasteiger partial charge in [0.2, 0.25) is 0 Å². The first-order valence-corrected chi connectivity index (χ1v) is 7.21. The van der Waals surface area contributed by atoms with E-state index in [0.717, 1.165) is 11.1 Å². The maximum Gasteiger partial charge on any atom is 0.316 e. The molecule has 2 amide bonds. The van der Waals surface area contributed by atoms with Gasteiger partial charge in [0.25, 0.3) is 0 Å². The number of hydrogen-bond acceptors (Lipinski definition) is 1. The quantitative estimate of drug-likeness (QED) is 0.834. The van der Waals surface area contributed by atoms with E-state index in [-0.39, 0.29) is 18.6 Å². The molecule has 112 valence electrons. The van der Waals surface area contributed by atoms with Crippen molar-refractivity contribution >= 4 is 6.03 Å². The maximum absolute atomic E-state index is 12.0. The molecule has 0 aromatic heterocycles. The Morgan fingerprint density at radius 3 is 2.45 bits per heavy atom. The fraction of sp³-hybridized carbons (Fsp3) is 0.211. The van der Waals surface area contributed by atoms with Crippen LogP contribution in [0.4, 0.5) is 4.79 Å². The Kier molecular flexibility index (Phi) is 5.21. The number of rotatable bonds is 4. The van der Waals surface area contributed by atoms with Crippen LogP contribution in [0.25, 0.3) is 0 Å². The molecule has 0 aliphatic rings. The molecule has 0 bridgehead atoms. The van der Waals surface area contributed by atoms with E-state index in [4.69, 9.17) is 6.42 Å². The summed E-state index contributed by atoms with van der Waals surface area (Å²) in [5, 5.41) is 5.63. The summed E-state index contributed by atoms with van der Waals surface area (Å²) in [6, 6.07) is 15.6. The lowest BCUT2D eigenvalue weighted by atomic mass is 9.96. The van der Waals surface area contributed by atoms with Crippen molar-refractivity contribution in [2.45, 2.75) is 19.9 Å². The van der Waals surface area contributed by atoms with Crippen molar-refractivity contribution in [2.24, 2.45) is 0 Å². The molecule has 0 radical (unpaired) electrons. The third kappa shape index (κ3) is 3.89. The van der Waals surface area contributed by atoms with Crippen LogP contribution in [-0.2, 0) is 0 Å². The number of carbonyl (C=O) groups excluding carboxylic acids is 1. The second-order valence-electron chi connectivity index (χ2n) is 5.22. The fourth-order valence-corrected chi connectivity index (χ4v) is 2.26. The summed E-state index contributed by atoms with van der Waals surface area (Å²) in [6.45, 7) is 4.35. The van der Waals surface area contributed by atoms with Crippen LogP contribution in [0.1, 0.15) is 28.3 Å². The van der Waals surface area contributed by atoms with Crippen LogP contribution >= 0.6 is 0 Å². The number of carbonyl (C=O) groups is 1. The van der Waals surface area contributed by atoms with E-state index in [9.17, 15) is 4.79 Å². The van der Waals surface area contributed by atoms with Gasteiger partial charge in [-0.15, -0.1) is 6.42 Å². The van der Waals surface area contributed by atoms with E-state index < -0.39 is 0 Å². The normalized spacial score (nSPS) is 11.3. The molecular formula is C19H20N2O. The first kappa shape index (κ1) is 15.7. The van der Waals surface area contributed by atoms with Crippen molar-refractivity contribution in [3.8, 4) is 12.3 Å². The van der Waals surface area contributed by atoms with E-state index in [1.165, 1.54) is 11.1 Å². The van der Waals surface area contributed by atoms with E-state index in [0.29, 0.717) is 0 Å². The molecule has 1 unspecified atom stereocenters. The number of nitrogens with one attached hydrogen (secondary N) is 2. The van der Waals surface area contributed by atoms with Crippen molar-refractivity contribution in [3.05, 3.63) is 70.8 Å². The number of terminal acetylenes is 1. The standard InChI is InChI=1S/C19H20N2O/c1-4-12-20-19(22)21-18(16-8-6-5-7-9-16)17-11-10-14(2)15(3)13-17/h1,5-11,13,18H,12H2,2-3H3,(H2,20,21,22). The summed E-state index contributed by atoms with van der Waals surface area (Å²) in [6.07, 6.45) is 5.17. The zero-order valence-electron chi connectivity index (χ0n) is 12.9. The summed E-state index contributed by atoms with van der Waals surface area (Å²) in [5.74, 6) is 2.40. The molecule has 0 saturated heterocycles. The van der Waals surface area contributed by atoms with Crippen LogP contribution in [0.3, 0.4) is 0 Å². The highest BCUT2D eigenvalue weighted by Gasteiger charge is 2.16. The fourth-order valence-electron chi connectivity index (χ4n) is 2.26. The molecule has 2 aromatic rings. The van der Waals surface area contributed by atoms with Crippen molar-refractivity contribution < 1.29 is 4.79 Å². The van der Waals surface area contributed by atoms with Crippen LogP contribution in [0.2, 0.25) is 0 Å². The van der Waals surface area contributed by atoms with E-state index >= 15 is 0 Å². The molecule has 2 rings (SSSR count). The van der Waals surface area contributed by atoms with Gasteiger partial charge in [-0.1, -0.05) is 54.5 Å². The average molecular weight is 292 g/mol. The zero-order valence-corrected chi connectivity index (χ0v) is 12.9. The number of benzene rings is 2. The van der Waals surface area contributed by atoms with Gasteiger partial charge in [0.05, 0.1) is 12.6 Å². The highest BCUT2D eigenvalue weighted by Crippen LogP contribution is 2.23. The van der Waals surface area contributed by atoms with E-state index in [2.05, 4.69) is 42.5 Å². The third-order valence-corrected chi connectivity index (χ3v) is 3.62. The predicted molar refractivity (Wildman–Crippen MR) is 89.6 cm³/mol. The molecule has 0 heterocycles. The summed E-state index contributed by atoms with van der Waals surface area (Å²) in [4.78, 5) is 12.0. The lowest BCUT2D eigenvalue weighted by Crippen LogP contribution is -2.38. The summed E-state index contributed by atoms with van der Waals surface area (Å²) in [7, 11) is 0. The molecule has 2 aromatic carbocycles. The van der Waals surface area contributed by atoms with Gasteiger partial charge in [-0.05, 0) is 36.1 Å². The number of urea groups is 1. The number of aryl methyl sites for hydroxylation is 2. The molecule has 0 spiro atoms. The Morgan fingerprint density at radius 2 is 1.82 bits per heavy atom. The van der Waals surface area contributed by atoms with Crippen LogP contribution in [0.15, 0.2) is 48.5 Å². The van der Waals surface area contributed by atoms with Crippen molar-refractivity contribution in [1.29, 1.82) is 0 Å². The van der Waals surface area contributed by atoms with Gasteiger partial charge in [-0.3, -0.25) is 0 Å². The van der Waals surface area contributed by atoms with Crippen LogP contribution in [0.5, 0.6) is 0 Å². The van der Waals surface area contributed by atoms with Gasteiger partial charge in [0, 0.05) is 0 Å². The number of amides is 2. The minimum absolute atomic E-state index is 0.209. The van der Waals surface area contributed by atoms with E-state index in [1.54, 1.807) is 0 Å². The molecule has 0 saturated carbocycles. The Balaban J connectivity index is 2.31. The molecule has 3 heteroatoms. The van der Waals surface area contributed by atoms with Gasteiger partial charge >= 0.3 is 6.03 Å². The van der Waals surface area contributed by atoms with Crippen molar-refractivity contribution in [2.75, 3.05) is 6.54 Å². The van der Waals surface area contributed by atoms with Gasteiger partial charge < -0.3 is 10.6 Å². The molecule has 2 N–H and O–H groups in total. The topological polar surface area (TPSA) is 41.1 Å². The van der Waals surface area contributed by atoms with E-state index in [1.807, 2.05) is 36.4 Å². The highest BCUT2D eigenvalue weighted by molar-refractivity contribution is 5.75. The lowest BCUT2D eigenvalue weighted by molar-refractivity contribution is 0.240. The largest absolute Gasteiger partial charge is 0.327 e. The minimum Gasteiger partial charge on any atom is -0.327 e. The molecule has 3 nitrogen and oxygen atoms in total. The minimum atomic E-state index is -0.273. The van der Waals surface area contributed by atoms with Gasteiger partial charge in [0.15, 0.2) is 0 Å². The Bertz CT molecular complexity index is 686. The maximum atomic E-state index is 12.0. The van der Waals surface area contributed by atoms with Crippen LogP contribution in [-0.4, -0.2) is 12.6 Å². The molecule has 0 aliphatic carbocycles. The van der Waals surface area contributed by atoms with Crippen molar-refractivity contribution in [1.82, 2.24) is 10.6 Å². The summed E-state index contributed by atoms with van der Waals surface area (Å²) < 4.78 is 0. The van der Waals surface area contributed by atoms with Crippen molar-refractivity contribution in [3.63, 3.8) is 0 Å². The van der Waals surface area contributed by atoms with Gasteiger partial charge in [-0.25, -0.2) is 4.79 Å². The average Bonchev–Trinajstić information content (AvgIpc) is 2.54. The second-order valence-corrected chi connectivity index (χ2v) is 5.22. The molecule has 0 fully saturated rings. The molecule has 1 atom stereocenters. The van der Waals surface area contributed by atoms with Crippen LogP contribution < -0.4 is 10.6 Å². The first-order valence-electron chi connectivity index (χ1n) is 7.21. The highest BCUT2D eigenvalue weighted by atomic mass is 16.2. The molecular weight excluding hydrogens is 272 g/mol. The predicted octanol–water partition coefficient (Wildman–Crippen LogP) is 3.33.